The summed E-state index contributed by atoms with van der Waals surface area (Å²) in [5, 5.41) is 10.1. The van der Waals surface area contributed by atoms with Crippen LogP contribution in [0, 0.1) is 5.41 Å². The fraction of sp³-hybridized carbons (Fsp3) is 0.688. The number of piperidine rings is 1. The van der Waals surface area contributed by atoms with E-state index < -0.39 is 0 Å². The highest BCUT2D eigenvalue weighted by Gasteiger charge is 2.56. The van der Waals surface area contributed by atoms with Crippen molar-refractivity contribution < 1.29 is 14.6 Å². The maximum atomic E-state index is 12.5. The van der Waals surface area contributed by atoms with E-state index in [0.717, 1.165) is 31.4 Å². The third kappa shape index (κ3) is 2.28. The average Bonchev–Trinajstić information content (AvgIpc) is 3.00. The Kier molecular flexibility index (Phi) is 3.80. The quantitative estimate of drug-likeness (QED) is 0.889. The molecule has 2 aliphatic rings. The maximum absolute atomic E-state index is 12.5. The van der Waals surface area contributed by atoms with E-state index >= 15 is 0 Å². The van der Waals surface area contributed by atoms with Crippen LogP contribution in [0.1, 0.15) is 42.4 Å². The molecule has 1 aromatic rings. The minimum Gasteiger partial charge on any atom is -0.392 e. The molecular weight excluding hydrogens is 268 g/mol. The first-order valence-corrected chi connectivity index (χ1v) is 7.78. The Labute approximate surface area is 125 Å². The number of likely N-dealkylation sites (tertiary alicyclic amines) is 1. The molecule has 0 unspecified atom stereocenters. The van der Waals surface area contributed by atoms with Gasteiger partial charge in [0, 0.05) is 37.7 Å². The van der Waals surface area contributed by atoms with Crippen molar-refractivity contribution >= 4 is 5.91 Å². The van der Waals surface area contributed by atoms with Gasteiger partial charge in [0.15, 0.2) is 0 Å². The number of hydrogen-bond donors (Lipinski definition) is 2. The molecule has 0 bridgehead atoms. The van der Waals surface area contributed by atoms with Crippen molar-refractivity contribution in [1.82, 2.24) is 9.88 Å². The zero-order chi connectivity index (χ0) is 15.0. The molecule has 5 heteroatoms. The third-order valence-corrected chi connectivity index (χ3v) is 5.37. The number of aromatic amines is 1. The second kappa shape index (κ2) is 5.46. The van der Waals surface area contributed by atoms with Gasteiger partial charge in [0.1, 0.15) is 5.69 Å². The number of amides is 1. The van der Waals surface area contributed by atoms with Crippen LogP contribution in [0.5, 0.6) is 0 Å². The van der Waals surface area contributed by atoms with Crippen molar-refractivity contribution in [2.45, 2.75) is 44.8 Å². The van der Waals surface area contributed by atoms with Gasteiger partial charge in [-0.1, -0.05) is 6.92 Å². The van der Waals surface area contributed by atoms with Crippen molar-refractivity contribution in [1.29, 1.82) is 0 Å². The molecule has 21 heavy (non-hydrogen) atoms. The second-order valence-corrected chi connectivity index (χ2v) is 6.25. The predicted octanol–water partition coefficient (Wildman–Crippen LogP) is 1.58. The molecule has 2 N–H and O–H groups in total. The lowest BCUT2D eigenvalue weighted by Gasteiger charge is -2.56. The molecule has 1 aromatic heterocycles. The number of H-pyrrole nitrogens is 1. The summed E-state index contributed by atoms with van der Waals surface area (Å²) in [5.74, 6) is 0.0623. The van der Waals surface area contributed by atoms with Gasteiger partial charge >= 0.3 is 0 Å². The van der Waals surface area contributed by atoms with Crippen LogP contribution in [0.4, 0.5) is 0 Å². The van der Waals surface area contributed by atoms with Gasteiger partial charge in [-0.2, -0.15) is 0 Å². The topological polar surface area (TPSA) is 65.6 Å². The van der Waals surface area contributed by atoms with Gasteiger partial charge in [-0.3, -0.25) is 4.79 Å². The van der Waals surface area contributed by atoms with Gasteiger partial charge in [0.2, 0.25) is 0 Å². The van der Waals surface area contributed by atoms with Crippen LogP contribution in [0.25, 0.3) is 0 Å². The summed E-state index contributed by atoms with van der Waals surface area (Å²) in [6.45, 7) is 3.44. The second-order valence-electron chi connectivity index (χ2n) is 6.25. The SMILES string of the molecule is CCc1ccc(C(=O)N2CCC3(CC2)[C@H](O)C[C@@H]3OC)[nH]1. The molecule has 2 heterocycles. The molecule has 1 saturated carbocycles. The molecule has 1 aliphatic carbocycles. The van der Waals surface area contributed by atoms with Crippen molar-refractivity contribution in [2.24, 2.45) is 5.41 Å². The number of methoxy groups -OCH3 is 1. The van der Waals surface area contributed by atoms with Gasteiger partial charge in [-0.15, -0.1) is 0 Å². The molecule has 1 aliphatic heterocycles. The minimum absolute atomic E-state index is 0.0623. The zero-order valence-electron chi connectivity index (χ0n) is 12.8. The van der Waals surface area contributed by atoms with Gasteiger partial charge < -0.3 is 19.7 Å². The Balaban J connectivity index is 1.64. The Morgan fingerprint density at radius 2 is 2.19 bits per heavy atom. The molecular formula is C16H24N2O3. The summed E-state index contributed by atoms with van der Waals surface area (Å²) in [6.07, 6.45) is 3.12. The van der Waals surface area contributed by atoms with Crippen molar-refractivity contribution in [3.8, 4) is 0 Å². The number of carbonyl (C=O) groups is 1. The molecule has 1 amide bonds. The molecule has 0 aromatic carbocycles. The normalized spacial score (nSPS) is 27.7. The highest BCUT2D eigenvalue weighted by atomic mass is 16.5. The van der Waals surface area contributed by atoms with E-state index in [-0.39, 0.29) is 23.5 Å². The number of aliphatic hydroxyl groups excluding tert-OH is 1. The van der Waals surface area contributed by atoms with Gasteiger partial charge in [0.25, 0.3) is 5.91 Å². The first-order chi connectivity index (χ1) is 10.1. The molecule has 116 valence electrons. The van der Waals surface area contributed by atoms with Gasteiger partial charge in [-0.25, -0.2) is 0 Å². The lowest BCUT2D eigenvalue weighted by Crippen LogP contribution is -2.62. The summed E-state index contributed by atoms with van der Waals surface area (Å²) in [6, 6.07) is 3.83. The summed E-state index contributed by atoms with van der Waals surface area (Å²) < 4.78 is 5.48. The van der Waals surface area contributed by atoms with E-state index in [1.165, 1.54) is 0 Å². The monoisotopic (exact) mass is 292 g/mol. The molecule has 5 nitrogen and oxygen atoms in total. The molecule has 3 rings (SSSR count). The average molecular weight is 292 g/mol. The van der Waals surface area contributed by atoms with Crippen LogP contribution in [-0.4, -0.2) is 53.3 Å². The largest absolute Gasteiger partial charge is 0.392 e. The highest BCUT2D eigenvalue weighted by molar-refractivity contribution is 5.92. The fourth-order valence-corrected chi connectivity index (χ4v) is 3.78. The van der Waals surface area contributed by atoms with E-state index in [9.17, 15) is 9.90 Å². The van der Waals surface area contributed by atoms with E-state index in [0.29, 0.717) is 18.8 Å². The lowest BCUT2D eigenvalue weighted by molar-refractivity contribution is -0.199. The molecule has 0 radical (unpaired) electrons. The van der Waals surface area contributed by atoms with E-state index in [4.69, 9.17) is 4.74 Å². The molecule has 1 spiro atoms. The first kappa shape index (κ1) is 14.6. The zero-order valence-corrected chi connectivity index (χ0v) is 12.8. The smallest absolute Gasteiger partial charge is 0.270 e. The standard InChI is InChI=1S/C16H24N2O3/c1-3-11-4-5-12(17-11)15(20)18-8-6-16(7-9-18)13(19)10-14(16)21-2/h4-5,13-14,17,19H,3,6-10H2,1-2H3/t13-,14+/m1/s1. The number of nitrogens with one attached hydrogen (secondary N) is 1. The Bertz CT molecular complexity index is 517. The maximum Gasteiger partial charge on any atom is 0.270 e. The molecule has 1 saturated heterocycles. The number of hydrogen-bond acceptors (Lipinski definition) is 3. The van der Waals surface area contributed by atoms with Crippen LogP contribution in [0.2, 0.25) is 0 Å². The minimum atomic E-state index is -0.281. The van der Waals surface area contributed by atoms with Crippen LogP contribution >= 0.6 is 0 Å². The van der Waals surface area contributed by atoms with E-state index in [1.54, 1.807) is 7.11 Å². The van der Waals surface area contributed by atoms with E-state index in [2.05, 4.69) is 11.9 Å². The number of rotatable bonds is 3. The van der Waals surface area contributed by atoms with Crippen molar-refractivity contribution in [3.05, 3.63) is 23.5 Å². The van der Waals surface area contributed by atoms with Crippen LogP contribution in [0.3, 0.4) is 0 Å². The number of carbonyl (C=O) groups excluding carboxylic acids is 1. The van der Waals surface area contributed by atoms with Gasteiger partial charge in [0.05, 0.1) is 12.2 Å². The number of ether oxygens (including phenoxy) is 1. The fourth-order valence-electron chi connectivity index (χ4n) is 3.78. The summed E-state index contributed by atoms with van der Waals surface area (Å²) >= 11 is 0. The number of aliphatic hydroxyl groups is 1. The molecule has 2 atom stereocenters. The highest BCUT2D eigenvalue weighted by Crippen LogP contribution is 2.50. The Hall–Kier alpha value is -1.33. The van der Waals surface area contributed by atoms with Crippen molar-refractivity contribution in [3.63, 3.8) is 0 Å². The van der Waals surface area contributed by atoms with E-state index in [1.807, 2.05) is 17.0 Å². The van der Waals surface area contributed by atoms with Gasteiger partial charge in [-0.05, 0) is 31.4 Å². The summed E-state index contributed by atoms with van der Waals surface area (Å²) in [4.78, 5) is 17.5. The summed E-state index contributed by atoms with van der Waals surface area (Å²) in [5.41, 5.74) is 1.62. The van der Waals surface area contributed by atoms with Crippen LogP contribution < -0.4 is 0 Å². The number of aryl methyl sites for hydroxylation is 1. The third-order valence-electron chi connectivity index (χ3n) is 5.37. The molecule has 2 fully saturated rings. The Morgan fingerprint density at radius 3 is 2.71 bits per heavy atom. The predicted molar refractivity (Wildman–Crippen MR) is 79.2 cm³/mol. The van der Waals surface area contributed by atoms with Crippen LogP contribution in [-0.2, 0) is 11.2 Å². The number of aromatic nitrogens is 1. The first-order valence-electron chi connectivity index (χ1n) is 7.78. The summed E-state index contributed by atoms with van der Waals surface area (Å²) in [7, 11) is 1.71. The van der Waals surface area contributed by atoms with Crippen molar-refractivity contribution in [2.75, 3.05) is 20.2 Å². The Morgan fingerprint density at radius 1 is 1.48 bits per heavy atom. The van der Waals surface area contributed by atoms with Crippen LogP contribution in [0.15, 0.2) is 12.1 Å². The lowest BCUT2D eigenvalue weighted by atomic mass is 9.58. The number of nitrogens with zero attached hydrogens (tertiary/aromatic N) is 1.